The van der Waals surface area contributed by atoms with E-state index in [2.05, 4.69) is 10.3 Å². The van der Waals surface area contributed by atoms with Gasteiger partial charge in [0.05, 0.1) is 22.0 Å². The van der Waals surface area contributed by atoms with E-state index in [9.17, 15) is 23.1 Å². The van der Waals surface area contributed by atoms with Gasteiger partial charge < -0.3 is 10.4 Å². The number of hydrogen-bond acceptors (Lipinski definition) is 3. The number of rotatable bonds is 3. The lowest BCUT2D eigenvalue weighted by atomic mass is 10.1. The molecule has 2 N–H and O–H groups in total. The molecule has 2 rings (SSSR count). The first-order chi connectivity index (χ1) is 11.6. The van der Waals surface area contributed by atoms with Gasteiger partial charge in [0.15, 0.2) is 0 Å². The van der Waals surface area contributed by atoms with Crippen LogP contribution in [0.2, 0.25) is 10.0 Å². The lowest BCUT2D eigenvalue weighted by molar-refractivity contribution is -0.137. The monoisotopic (exact) mass is 390 g/mol. The molecule has 1 amide bonds. The highest BCUT2D eigenvalue weighted by Crippen LogP contribution is 2.36. The molecule has 0 aliphatic rings. The maximum atomic E-state index is 12.9. The molecule has 4 nitrogen and oxygen atoms in total. The summed E-state index contributed by atoms with van der Waals surface area (Å²) in [7, 11) is 0. The number of aliphatic imine (C=N–C) groups is 1. The van der Waals surface area contributed by atoms with Crippen molar-refractivity contribution in [1.29, 1.82) is 0 Å². The van der Waals surface area contributed by atoms with Crippen LogP contribution in [-0.2, 0) is 11.0 Å². The number of phenols is 1. The Balaban J connectivity index is 2.50. The van der Waals surface area contributed by atoms with Gasteiger partial charge in [0, 0.05) is 23.7 Å². The zero-order chi connectivity index (χ0) is 18.8. The van der Waals surface area contributed by atoms with Gasteiger partial charge in [0.2, 0.25) is 5.91 Å². The van der Waals surface area contributed by atoms with E-state index in [-0.39, 0.29) is 32.7 Å². The van der Waals surface area contributed by atoms with Gasteiger partial charge in [-0.3, -0.25) is 9.79 Å². The highest BCUT2D eigenvalue weighted by molar-refractivity contribution is 6.36. The van der Waals surface area contributed by atoms with Gasteiger partial charge in [-0.1, -0.05) is 23.2 Å². The Kier molecular flexibility index (Phi) is 5.59. The van der Waals surface area contributed by atoms with Crippen molar-refractivity contribution in [2.75, 3.05) is 5.32 Å². The van der Waals surface area contributed by atoms with Gasteiger partial charge in [-0.05, 0) is 30.3 Å². The van der Waals surface area contributed by atoms with E-state index in [1.54, 1.807) is 0 Å². The molecular weight excluding hydrogens is 380 g/mol. The van der Waals surface area contributed by atoms with Crippen molar-refractivity contribution in [1.82, 2.24) is 0 Å². The summed E-state index contributed by atoms with van der Waals surface area (Å²) < 4.78 is 38.6. The Morgan fingerprint density at radius 1 is 1.24 bits per heavy atom. The zero-order valence-corrected chi connectivity index (χ0v) is 14.2. The first-order valence-electron chi connectivity index (χ1n) is 6.79. The minimum absolute atomic E-state index is 0.0277. The second-order valence-corrected chi connectivity index (χ2v) is 5.84. The van der Waals surface area contributed by atoms with E-state index in [4.69, 9.17) is 23.2 Å². The van der Waals surface area contributed by atoms with Crippen LogP contribution < -0.4 is 5.32 Å². The van der Waals surface area contributed by atoms with E-state index in [1.807, 2.05) is 0 Å². The van der Waals surface area contributed by atoms with Crippen molar-refractivity contribution in [3.8, 4) is 5.75 Å². The van der Waals surface area contributed by atoms with Gasteiger partial charge >= 0.3 is 6.18 Å². The first-order valence-corrected chi connectivity index (χ1v) is 7.54. The average molecular weight is 391 g/mol. The molecule has 132 valence electrons. The Labute approximate surface area is 150 Å². The number of nitrogens with zero attached hydrogens (tertiary/aromatic N) is 1. The number of halogens is 5. The van der Waals surface area contributed by atoms with E-state index in [0.29, 0.717) is 0 Å². The number of hydrogen-bond donors (Lipinski definition) is 2. The normalized spacial score (nSPS) is 11.8. The third-order valence-electron chi connectivity index (χ3n) is 3.04. The molecule has 0 saturated heterocycles. The summed E-state index contributed by atoms with van der Waals surface area (Å²) in [5.41, 5.74) is -0.865. The molecule has 0 saturated carbocycles. The zero-order valence-electron chi connectivity index (χ0n) is 12.7. The number of anilines is 1. The number of amides is 1. The predicted octanol–water partition coefficient (Wildman–Crippen LogP) is 5.43. The smallest absolute Gasteiger partial charge is 0.416 e. The quantitative estimate of drug-likeness (QED) is 0.686. The van der Waals surface area contributed by atoms with Crippen LogP contribution in [0.3, 0.4) is 0 Å². The van der Waals surface area contributed by atoms with Gasteiger partial charge in [0.25, 0.3) is 0 Å². The molecule has 0 aliphatic carbocycles. The van der Waals surface area contributed by atoms with Crippen LogP contribution >= 0.6 is 23.2 Å². The molecule has 2 aromatic rings. The number of carbonyl (C=O) groups is 1. The fourth-order valence-corrected chi connectivity index (χ4v) is 2.44. The number of nitrogens with one attached hydrogen (secondary N) is 1. The van der Waals surface area contributed by atoms with Crippen LogP contribution in [0.25, 0.3) is 0 Å². The second-order valence-electron chi connectivity index (χ2n) is 4.99. The molecule has 0 unspecified atom stereocenters. The number of benzene rings is 2. The predicted molar refractivity (Wildman–Crippen MR) is 91.1 cm³/mol. The number of alkyl halides is 3. The third-order valence-corrected chi connectivity index (χ3v) is 3.54. The van der Waals surface area contributed by atoms with E-state index in [0.717, 1.165) is 24.4 Å². The van der Waals surface area contributed by atoms with Gasteiger partial charge in [0.1, 0.15) is 5.75 Å². The summed E-state index contributed by atoms with van der Waals surface area (Å²) in [6.45, 7) is 1.22. The molecule has 0 heterocycles. The molecule has 0 radical (unpaired) electrons. The molecule has 9 heteroatoms. The highest BCUT2D eigenvalue weighted by atomic mass is 35.5. The molecule has 0 fully saturated rings. The molecular formula is C16H11Cl2F3N2O2. The molecule has 0 atom stereocenters. The largest absolute Gasteiger partial charge is 0.506 e. The van der Waals surface area contributed by atoms with Gasteiger partial charge in [-0.25, -0.2) is 0 Å². The summed E-state index contributed by atoms with van der Waals surface area (Å²) in [6, 6.07) is 5.37. The van der Waals surface area contributed by atoms with E-state index < -0.39 is 17.6 Å². The van der Waals surface area contributed by atoms with Crippen LogP contribution in [0, 0.1) is 0 Å². The fourth-order valence-electron chi connectivity index (χ4n) is 1.93. The van der Waals surface area contributed by atoms with Gasteiger partial charge in [-0.2, -0.15) is 13.2 Å². The van der Waals surface area contributed by atoms with Crippen LogP contribution in [0.5, 0.6) is 5.75 Å². The van der Waals surface area contributed by atoms with Crippen LogP contribution in [0.15, 0.2) is 35.3 Å². The van der Waals surface area contributed by atoms with Crippen molar-refractivity contribution in [3.63, 3.8) is 0 Å². The topological polar surface area (TPSA) is 61.7 Å². The van der Waals surface area contributed by atoms with Gasteiger partial charge in [-0.15, -0.1) is 0 Å². The second kappa shape index (κ2) is 7.33. The van der Waals surface area contributed by atoms with Crippen molar-refractivity contribution >= 4 is 46.7 Å². The fraction of sp³-hybridized carbons (Fsp3) is 0.125. The van der Waals surface area contributed by atoms with E-state index >= 15 is 0 Å². The molecule has 0 spiro atoms. The maximum absolute atomic E-state index is 12.9. The Morgan fingerprint density at radius 2 is 1.92 bits per heavy atom. The lowest BCUT2D eigenvalue weighted by Gasteiger charge is -2.11. The third kappa shape index (κ3) is 4.87. The Bertz CT molecular complexity index is 852. The summed E-state index contributed by atoms with van der Waals surface area (Å²) in [5.74, 6) is -0.785. The molecule has 0 bridgehead atoms. The Morgan fingerprint density at radius 3 is 2.52 bits per heavy atom. The average Bonchev–Trinajstić information content (AvgIpc) is 2.48. The SMILES string of the molecule is CC(=O)Nc1ccc(C(F)(F)F)cc1N=Cc1cc(Cl)cc(Cl)c1O. The first kappa shape index (κ1) is 19.1. The number of aromatic hydroxyl groups is 1. The summed E-state index contributed by atoms with van der Waals surface area (Å²) in [6.07, 6.45) is -3.46. The molecule has 0 aromatic heterocycles. The van der Waals surface area contributed by atoms with Crippen molar-refractivity contribution in [2.24, 2.45) is 4.99 Å². The van der Waals surface area contributed by atoms with E-state index in [1.165, 1.54) is 19.1 Å². The highest BCUT2D eigenvalue weighted by Gasteiger charge is 2.31. The standard InChI is InChI=1S/C16H11Cl2F3N2O2/c1-8(24)23-13-3-2-10(16(19,20)21)5-14(13)22-7-9-4-11(17)6-12(18)15(9)25/h2-7,25H,1H3,(H,23,24). The van der Waals surface area contributed by atoms with Crippen molar-refractivity contribution < 1.29 is 23.1 Å². The van der Waals surface area contributed by atoms with Crippen molar-refractivity contribution in [2.45, 2.75) is 13.1 Å². The van der Waals surface area contributed by atoms with Crippen LogP contribution in [0.4, 0.5) is 24.5 Å². The Hall–Kier alpha value is -2.25. The maximum Gasteiger partial charge on any atom is 0.416 e. The summed E-state index contributed by atoms with van der Waals surface area (Å²) in [5, 5.41) is 12.4. The minimum atomic E-state index is -4.57. The van der Waals surface area contributed by atoms with Crippen molar-refractivity contribution in [3.05, 3.63) is 51.5 Å². The van der Waals surface area contributed by atoms with Crippen LogP contribution in [-0.4, -0.2) is 17.2 Å². The summed E-state index contributed by atoms with van der Waals surface area (Å²) >= 11 is 11.6. The van der Waals surface area contributed by atoms with Crippen LogP contribution in [0.1, 0.15) is 18.1 Å². The molecule has 25 heavy (non-hydrogen) atoms. The number of carbonyl (C=O) groups excluding carboxylic acids is 1. The molecule has 2 aromatic carbocycles. The number of phenolic OH excluding ortho intramolecular Hbond substituents is 1. The minimum Gasteiger partial charge on any atom is -0.506 e. The summed E-state index contributed by atoms with van der Waals surface area (Å²) in [4.78, 5) is 15.1. The molecule has 0 aliphatic heterocycles. The lowest BCUT2D eigenvalue weighted by Crippen LogP contribution is -2.08.